The van der Waals surface area contributed by atoms with E-state index in [9.17, 15) is 14.7 Å². The van der Waals surface area contributed by atoms with Gasteiger partial charge in [0.25, 0.3) is 0 Å². The van der Waals surface area contributed by atoms with Crippen LogP contribution >= 0.6 is 0 Å². The second-order valence-electron chi connectivity index (χ2n) is 7.09. The summed E-state index contributed by atoms with van der Waals surface area (Å²) in [5.41, 5.74) is 0.280. The van der Waals surface area contributed by atoms with Crippen molar-refractivity contribution in [2.45, 2.75) is 51.5 Å². The molecule has 2 rings (SSSR count). The molecule has 2 atom stereocenters. The van der Waals surface area contributed by atoms with E-state index in [1.807, 2.05) is 30.3 Å². The normalized spacial score (nSPS) is 20.7. The maximum absolute atomic E-state index is 12.1. The molecule has 25 heavy (non-hydrogen) atoms. The summed E-state index contributed by atoms with van der Waals surface area (Å²) in [7, 11) is 0. The fourth-order valence-corrected chi connectivity index (χ4v) is 2.49. The first kappa shape index (κ1) is 19.1. The molecule has 1 saturated heterocycles. The Labute approximate surface area is 147 Å². The minimum absolute atomic E-state index is 0.144. The van der Waals surface area contributed by atoms with Gasteiger partial charge in [0.1, 0.15) is 12.2 Å². The molecule has 138 valence electrons. The van der Waals surface area contributed by atoms with Crippen molar-refractivity contribution >= 4 is 12.2 Å². The summed E-state index contributed by atoms with van der Waals surface area (Å²) in [5, 5.41) is 12.7. The number of nitrogens with zero attached hydrogens (tertiary/aromatic N) is 1. The molecule has 0 saturated carbocycles. The van der Waals surface area contributed by atoms with E-state index in [2.05, 4.69) is 5.32 Å². The van der Waals surface area contributed by atoms with Crippen molar-refractivity contribution in [3.05, 3.63) is 35.9 Å². The van der Waals surface area contributed by atoms with Crippen molar-refractivity contribution in [3.8, 4) is 0 Å². The fourth-order valence-electron chi connectivity index (χ4n) is 2.49. The molecule has 1 fully saturated rings. The summed E-state index contributed by atoms with van der Waals surface area (Å²) < 4.78 is 10.5. The highest BCUT2D eigenvalue weighted by atomic mass is 16.6. The number of hydrogen-bond donors (Lipinski definition) is 2. The van der Waals surface area contributed by atoms with Gasteiger partial charge >= 0.3 is 12.2 Å². The molecular formula is C18H26N2O5. The van der Waals surface area contributed by atoms with Crippen molar-refractivity contribution in [3.63, 3.8) is 0 Å². The van der Waals surface area contributed by atoms with Crippen molar-refractivity contribution < 1.29 is 24.2 Å². The zero-order valence-corrected chi connectivity index (χ0v) is 14.9. The lowest BCUT2D eigenvalue weighted by atomic mass is 10.0. The number of carbonyl (C=O) groups is 2. The first-order valence-electron chi connectivity index (χ1n) is 8.38. The molecule has 0 aliphatic carbocycles. The van der Waals surface area contributed by atoms with Gasteiger partial charge < -0.3 is 24.8 Å². The predicted molar refractivity (Wildman–Crippen MR) is 92.0 cm³/mol. The van der Waals surface area contributed by atoms with Crippen LogP contribution in [0.3, 0.4) is 0 Å². The lowest BCUT2D eigenvalue weighted by Gasteiger charge is -2.36. The van der Waals surface area contributed by atoms with Gasteiger partial charge in [0.05, 0.1) is 12.1 Å². The smallest absolute Gasteiger partial charge is 0.410 e. The summed E-state index contributed by atoms with van der Waals surface area (Å²) in [6.45, 7) is 6.08. The Kier molecular flexibility index (Phi) is 6.25. The summed E-state index contributed by atoms with van der Waals surface area (Å²) >= 11 is 0. The number of alkyl carbamates (subject to hydrolysis) is 1. The molecule has 2 N–H and O–H groups in total. The van der Waals surface area contributed by atoms with Crippen LogP contribution in [-0.4, -0.2) is 53.0 Å². The van der Waals surface area contributed by atoms with Crippen LogP contribution in [0, 0.1) is 0 Å². The minimum atomic E-state index is -0.733. The molecule has 1 heterocycles. The predicted octanol–water partition coefficient (Wildman–Crippen LogP) is 2.28. The third-order valence-electron chi connectivity index (χ3n) is 3.74. The molecule has 1 aromatic carbocycles. The average Bonchev–Trinajstić information content (AvgIpc) is 2.54. The quantitative estimate of drug-likeness (QED) is 0.873. The van der Waals surface area contributed by atoms with E-state index >= 15 is 0 Å². The Balaban J connectivity index is 1.84. The van der Waals surface area contributed by atoms with Crippen LogP contribution in [0.4, 0.5) is 9.59 Å². The van der Waals surface area contributed by atoms with E-state index in [4.69, 9.17) is 9.47 Å². The molecular weight excluding hydrogens is 324 g/mol. The molecule has 0 radical (unpaired) electrons. The van der Waals surface area contributed by atoms with Gasteiger partial charge in [-0.2, -0.15) is 0 Å². The summed E-state index contributed by atoms with van der Waals surface area (Å²) in [6, 6.07) is 8.72. The van der Waals surface area contributed by atoms with Gasteiger partial charge in [-0.05, 0) is 32.8 Å². The largest absolute Gasteiger partial charge is 0.445 e. The van der Waals surface area contributed by atoms with Crippen LogP contribution in [0.15, 0.2) is 30.3 Å². The lowest BCUT2D eigenvalue weighted by molar-refractivity contribution is -0.000231. The Morgan fingerprint density at radius 1 is 1.28 bits per heavy atom. The maximum atomic E-state index is 12.1. The minimum Gasteiger partial charge on any atom is -0.445 e. The second-order valence-corrected chi connectivity index (χ2v) is 7.09. The van der Waals surface area contributed by atoms with Gasteiger partial charge in [0.2, 0.25) is 0 Å². The van der Waals surface area contributed by atoms with Crippen molar-refractivity contribution in [2.24, 2.45) is 0 Å². The highest BCUT2D eigenvalue weighted by Crippen LogP contribution is 2.16. The molecule has 0 spiro atoms. The number of nitrogens with one attached hydrogen (secondary N) is 1. The molecule has 1 aromatic rings. The number of piperidine rings is 1. The molecule has 0 bridgehead atoms. The molecule has 2 amide bonds. The van der Waals surface area contributed by atoms with E-state index < -0.39 is 29.9 Å². The highest BCUT2D eigenvalue weighted by Gasteiger charge is 2.33. The lowest BCUT2D eigenvalue weighted by Crippen LogP contribution is -2.57. The fraction of sp³-hybridized carbons (Fsp3) is 0.556. The van der Waals surface area contributed by atoms with E-state index in [1.54, 1.807) is 20.8 Å². The third kappa shape index (κ3) is 6.26. The first-order chi connectivity index (χ1) is 11.7. The number of benzene rings is 1. The highest BCUT2D eigenvalue weighted by molar-refractivity contribution is 5.70. The van der Waals surface area contributed by atoms with E-state index in [0.717, 1.165) is 5.56 Å². The number of rotatable bonds is 3. The number of likely N-dealkylation sites (tertiary alicyclic amines) is 1. The first-order valence-corrected chi connectivity index (χ1v) is 8.38. The third-order valence-corrected chi connectivity index (χ3v) is 3.74. The molecule has 7 heteroatoms. The Bertz CT molecular complexity index is 585. The van der Waals surface area contributed by atoms with Crippen molar-refractivity contribution in [1.82, 2.24) is 10.2 Å². The Morgan fingerprint density at radius 2 is 1.96 bits per heavy atom. The number of aliphatic hydroxyl groups excluding tert-OH is 1. The van der Waals surface area contributed by atoms with Crippen LogP contribution in [0.2, 0.25) is 0 Å². The van der Waals surface area contributed by atoms with Gasteiger partial charge in [-0.3, -0.25) is 0 Å². The summed E-state index contributed by atoms with van der Waals surface area (Å²) in [5.74, 6) is 0. The Hall–Kier alpha value is -2.28. The van der Waals surface area contributed by atoms with Gasteiger partial charge in [0, 0.05) is 13.1 Å². The monoisotopic (exact) mass is 350 g/mol. The van der Waals surface area contributed by atoms with Crippen LogP contribution in [-0.2, 0) is 16.1 Å². The van der Waals surface area contributed by atoms with Crippen molar-refractivity contribution in [1.29, 1.82) is 0 Å². The van der Waals surface area contributed by atoms with Crippen LogP contribution in [0.5, 0.6) is 0 Å². The SMILES string of the molecule is CC(C)(C)OC(=O)N1CC[C@H](O)[C@@H](NC(=O)OCc2ccccc2)C1. The Morgan fingerprint density at radius 3 is 2.60 bits per heavy atom. The standard InChI is InChI=1S/C18H26N2O5/c1-18(2,3)25-17(23)20-10-9-15(21)14(11-20)19-16(22)24-12-13-7-5-4-6-8-13/h4-8,14-15,21H,9-12H2,1-3H3,(H,19,22)/t14-,15-/m0/s1. The van der Waals surface area contributed by atoms with Crippen molar-refractivity contribution in [2.75, 3.05) is 13.1 Å². The van der Waals surface area contributed by atoms with Crippen LogP contribution in [0.25, 0.3) is 0 Å². The molecule has 1 aliphatic rings. The van der Waals surface area contributed by atoms with Gasteiger partial charge in [-0.15, -0.1) is 0 Å². The zero-order chi connectivity index (χ0) is 18.4. The average molecular weight is 350 g/mol. The van der Waals surface area contributed by atoms with Gasteiger partial charge in [-0.1, -0.05) is 30.3 Å². The topological polar surface area (TPSA) is 88.1 Å². The molecule has 0 aromatic heterocycles. The number of aliphatic hydroxyl groups is 1. The van der Waals surface area contributed by atoms with Gasteiger partial charge in [-0.25, -0.2) is 9.59 Å². The number of ether oxygens (including phenoxy) is 2. The molecule has 7 nitrogen and oxygen atoms in total. The van der Waals surface area contributed by atoms with E-state index in [1.165, 1.54) is 4.90 Å². The number of amides is 2. The van der Waals surface area contributed by atoms with Crippen LogP contribution in [0.1, 0.15) is 32.8 Å². The maximum Gasteiger partial charge on any atom is 0.410 e. The molecule has 0 unspecified atom stereocenters. The van der Waals surface area contributed by atoms with Gasteiger partial charge in [0.15, 0.2) is 0 Å². The molecule has 1 aliphatic heterocycles. The summed E-state index contributed by atoms with van der Waals surface area (Å²) in [6.07, 6.45) is -1.45. The zero-order valence-electron chi connectivity index (χ0n) is 14.9. The summed E-state index contributed by atoms with van der Waals surface area (Å²) in [4.78, 5) is 25.6. The van der Waals surface area contributed by atoms with E-state index in [0.29, 0.717) is 13.0 Å². The number of hydrogen-bond acceptors (Lipinski definition) is 5. The second kappa shape index (κ2) is 8.20. The van der Waals surface area contributed by atoms with Crippen LogP contribution < -0.4 is 5.32 Å². The van der Waals surface area contributed by atoms with E-state index in [-0.39, 0.29) is 13.2 Å². The number of carbonyl (C=O) groups excluding carboxylic acids is 2.